The molecule has 9 nitrogen and oxygen atoms in total. The highest BCUT2D eigenvalue weighted by molar-refractivity contribution is 9.10. The molecule has 2 heterocycles. The lowest BCUT2D eigenvalue weighted by Gasteiger charge is -2.30. The van der Waals surface area contributed by atoms with Gasteiger partial charge in [0.2, 0.25) is 5.95 Å². The number of benzene rings is 1. The molecule has 1 saturated carbocycles. The van der Waals surface area contributed by atoms with Gasteiger partial charge in [0, 0.05) is 5.70 Å². The number of methoxy groups -OCH3 is 1. The van der Waals surface area contributed by atoms with Crippen molar-refractivity contribution in [2.24, 2.45) is 0 Å². The topological polar surface area (TPSA) is 100 Å². The number of ether oxygens (including phenoxy) is 3. The molecule has 172 valence electrons. The summed E-state index contributed by atoms with van der Waals surface area (Å²) in [6.45, 7) is 4.45. The molecule has 0 bridgehead atoms. The SMILES string of the molecule is CCCOc1c(Br)cc(C2C(C(=O)OC3CCCCC3)=C(C)Nc3nnnn32)cc1OC. The first-order chi connectivity index (χ1) is 15.5. The normalized spacial score (nSPS) is 18.7. The Morgan fingerprint density at radius 2 is 2.06 bits per heavy atom. The monoisotopic (exact) mass is 505 g/mol. The number of hydrogen-bond acceptors (Lipinski definition) is 8. The minimum Gasteiger partial charge on any atom is -0.493 e. The molecule has 0 radical (unpaired) electrons. The van der Waals surface area contributed by atoms with Crippen molar-refractivity contribution in [1.29, 1.82) is 0 Å². The third-order valence-electron chi connectivity index (χ3n) is 5.78. The van der Waals surface area contributed by atoms with Gasteiger partial charge in [-0.2, -0.15) is 4.68 Å². The second-order valence-electron chi connectivity index (χ2n) is 8.06. The zero-order valence-corrected chi connectivity index (χ0v) is 20.1. The third-order valence-corrected chi connectivity index (χ3v) is 6.37. The van der Waals surface area contributed by atoms with Crippen molar-refractivity contribution in [3.8, 4) is 11.5 Å². The van der Waals surface area contributed by atoms with E-state index in [1.807, 2.05) is 26.0 Å². The molecule has 10 heteroatoms. The molecule has 0 spiro atoms. The minimum atomic E-state index is -0.567. The Labute approximate surface area is 195 Å². The molecule has 0 amide bonds. The summed E-state index contributed by atoms with van der Waals surface area (Å²) in [6, 6.07) is 3.21. The summed E-state index contributed by atoms with van der Waals surface area (Å²) in [7, 11) is 1.59. The zero-order valence-electron chi connectivity index (χ0n) is 18.6. The Kier molecular flexibility index (Phi) is 6.98. The number of anilines is 1. The highest BCUT2D eigenvalue weighted by Crippen LogP contribution is 2.43. The van der Waals surface area contributed by atoms with Gasteiger partial charge >= 0.3 is 5.97 Å². The number of hydrogen-bond donors (Lipinski definition) is 1. The molecule has 1 aromatic carbocycles. The first-order valence-corrected chi connectivity index (χ1v) is 11.8. The van der Waals surface area contributed by atoms with Crippen molar-refractivity contribution in [3.05, 3.63) is 33.4 Å². The number of carbonyl (C=O) groups excluding carboxylic acids is 1. The Balaban J connectivity index is 1.74. The number of nitrogens with zero attached hydrogens (tertiary/aromatic N) is 4. The van der Waals surface area contributed by atoms with Crippen molar-refractivity contribution < 1.29 is 19.0 Å². The lowest BCUT2D eigenvalue weighted by Crippen LogP contribution is -2.32. The van der Waals surface area contributed by atoms with E-state index in [0.717, 1.165) is 42.1 Å². The predicted molar refractivity (Wildman–Crippen MR) is 122 cm³/mol. The van der Waals surface area contributed by atoms with E-state index in [4.69, 9.17) is 14.2 Å². The number of aromatic nitrogens is 4. The van der Waals surface area contributed by atoms with E-state index in [1.165, 1.54) is 6.42 Å². The van der Waals surface area contributed by atoms with Gasteiger partial charge in [0.25, 0.3) is 0 Å². The van der Waals surface area contributed by atoms with Gasteiger partial charge in [0.15, 0.2) is 11.5 Å². The highest BCUT2D eigenvalue weighted by Gasteiger charge is 2.37. The van der Waals surface area contributed by atoms with Crippen LogP contribution in [0.4, 0.5) is 5.95 Å². The van der Waals surface area contributed by atoms with E-state index in [1.54, 1.807) is 11.8 Å². The molecule has 1 aliphatic carbocycles. The second kappa shape index (κ2) is 9.89. The Morgan fingerprint density at radius 3 is 2.78 bits per heavy atom. The third kappa shape index (κ3) is 4.46. The fourth-order valence-corrected chi connectivity index (χ4v) is 4.80. The number of rotatable bonds is 7. The van der Waals surface area contributed by atoms with Gasteiger partial charge in [-0.15, -0.1) is 0 Å². The average molecular weight is 506 g/mol. The van der Waals surface area contributed by atoms with Gasteiger partial charge in [-0.3, -0.25) is 0 Å². The van der Waals surface area contributed by atoms with Crippen LogP contribution in [0.25, 0.3) is 0 Å². The quantitative estimate of drug-likeness (QED) is 0.552. The first kappa shape index (κ1) is 22.6. The van der Waals surface area contributed by atoms with E-state index in [9.17, 15) is 4.79 Å². The van der Waals surface area contributed by atoms with Gasteiger partial charge in [0.05, 0.1) is 23.8 Å². The van der Waals surface area contributed by atoms with Crippen LogP contribution in [-0.2, 0) is 9.53 Å². The van der Waals surface area contributed by atoms with Crippen molar-refractivity contribution in [2.45, 2.75) is 64.5 Å². The average Bonchev–Trinajstić information content (AvgIpc) is 3.25. The summed E-state index contributed by atoms with van der Waals surface area (Å²) >= 11 is 3.60. The van der Waals surface area contributed by atoms with Gasteiger partial charge in [-0.1, -0.05) is 18.4 Å². The minimum absolute atomic E-state index is 0.0569. The van der Waals surface area contributed by atoms with Gasteiger partial charge in [-0.05, 0) is 83.1 Å². The molecular weight excluding hydrogens is 478 g/mol. The van der Waals surface area contributed by atoms with E-state index >= 15 is 0 Å². The van der Waals surface area contributed by atoms with Crippen LogP contribution in [0.1, 0.15) is 64.0 Å². The molecule has 2 aliphatic rings. The van der Waals surface area contributed by atoms with Crippen LogP contribution in [-0.4, -0.2) is 46.0 Å². The van der Waals surface area contributed by atoms with E-state index < -0.39 is 6.04 Å². The Hall–Kier alpha value is -2.62. The molecule has 0 saturated heterocycles. The molecule has 1 fully saturated rings. The molecule has 1 aliphatic heterocycles. The van der Waals surface area contributed by atoms with Crippen LogP contribution < -0.4 is 14.8 Å². The maximum Gasteiger partial charge on any atom is 0.338 e. The van der Waals surface area contributed by atoms with E-state index in [-0.39, 0.29) is 12.1 Å². The maximum absolute atomic E-state index is 13.4. The Morgan fingerprint density at radius 1 is 1.28 bits per heavy atom. The maximum atomic E-state index is 13.4. The highest BCUT2D eigenvalue weighted by atomic mass is 79.9. The molecule has 2 aromatic rings. The fraction of sp³-hybridized carbons (Fsp3) is 0.545. The van der Waals surface area contributed by atoms with Crippen molar-refractivity contribution >= 4 is 27.8 Å². The van der Waals surface area contributed by atoms with Gasteiger partial charge in [0.1, 0.15) is 12.1 Å². The molecule has 1 atom stereocenters. The second-order valence-corrected chi connectivity index (χ2v) is 8.92. The van der Waals surface area contributed by atoms with E-state index in [0.29, 0.717) is 35.3 Å². The summed E-state index contributed by atoms with van der Waals surface area (Å²) in [6.07, 6.45) is 5.96. The number of fused-ring (bicyclic) bond motifs is 1. The number of tetrazole rings is 1. The van der Waals surface area contributed by atoms with Crippen LogP contribution in [0.3, 0.4) is 0 Å². The number of esters is 1. The zero-order chi connectivity index (χ0) is 22.7. The van der Waals surface area contributed by atoms with Crippen LogP contribution in [0.2, 0.25) is 0 Å². The molecule has 1 aromatic heterocycles. The summed E-state index contributed by atoms with van der Waals surface area (Å²) in [4.78, 5) is 13.4. The summed E-state index contributed by atoms with van der Waals surface area (Å²) in [5.41, 5.74) is 1.92. The van der Waals surface area contributed by atoms with Crippen LogP contribution in [0.5, 0.6) is 11.5 Å². The summed E-state index contributed by atoms with van der Waals surface area (Å²) in [5, 5.41) is 15.1. The van der Waals surface area contributed by atoms with Crippen molar-refractivity contribution in [2.75, 3.05) is 19.0 Å². The molecule has 32 heavy (non-hydrogen) atoms. The first-order valence-electron chi connectivity index (χ1n) is 11.0. The standard InChI is InChI=1S/C22H28BrN5O4/c1-4-10-31-20-16(23)11-14(12-17(20)30-3)19-18(13(2)24-22-25-26-27-28(19)22)21(29)32-15-8-6-5-7-9-15/h11-12,15,19H,4-10H2,1-3H3,(H,24,25,27). The molecule has 1 N–H and O–H groups in total. The van der Waals surface area contributed by atoms with Crippen molar-refractivity contribution in [3.63, 3.8) is 0 Å². The predicted octanol–water partition coefficient (Wildman–Crippen LogP) is 4.40. The number of allylic oxidation sites excluding steroid dienone is 1. The Bertz CT molecular complexity index is 1020. The van der Waals surface area contributed by atoms with Gasteiger partial charge in [-0.25, -0.2) is 4.79 Å². The van der Waals surface area contributed by atoms with Crippen LogP contribution >= 0.6 is 15.9 Å². The van der Waals surface area contributed by atoms with Gasteiger partial charge < -0.3 is 19.5 Å². The number of nitrogens with one attached hydrogen (secondary N) is 1. The summed E-state index contributed by atoms with van der Waals surface area (Å²) < 4.78 is 19.7. The van der Waals surface area contributed by atoms with Crippen LogP contribution in [0.15, 0.2) is 27.9 Å². The van der Waals surface area contributed by atoms with E-state index in [2.05, 4.69) is 36.8 Å². The molecular formula is C22H28BrN5O4. The van der Waals surface area contributed by atoms with Crippen molar-refractivity contribution in [1.82, 2.24) is 20.2 Å². The van der Waals surface area contributed by atoms with Crippen LogP contribution in [0, 0.1) is 0 Å². The summed E-state index contributed by atoms with van der Waals surface area (Å²) in [5.74, 6) is 1.29. The number of carbonyl (C=O) groups is 1. The molecule has 4 rings (SSSR count). The number of halogens is 1. The largest absolute Gasteiger partial charge is 0.493 e. The smallest absolute Gasteiger partial charge is 0.338 e. The fourth-order valence-electron chi connectivity index (χ4n) is 4.22. The lowest BCUT2D eigenvalue weighted by atomic mass is 9.94. The molecule has 1 unspecified atom stereocenters. The lowest BCUT2D eigenvalue weighted by molar-refractivity contribution is -0.146.